The van der Waals surface area contributed by atoms with Crippen LogP contribution in [0.3, 0.4) is 0 Å². The number of benzene rings is 3. The van der Waals surface area contributed by atoms with E-state index < -0.39 is 0 Å². The minimum atomic E-state index is -0.0582. The minimum Gasteiger partial charge on any atom is -0.455 e. The third kappa shape index (κ3) is 5.21. The van der Waals surface area contributed by atoms with Gasteiger partial charge in [0, 0.05) is 17.5 Å². The van der Waals surface area contributed by atoms with E-state index >= 15 is 0 Å². The first kappa shape index (κ1) is 23.6. The van der Waals surface area contributed by atoms with Crippen molar-refractivity contribution in [2.24, 2.45) is 4.99 Å². The monoisotopic (exact) mass is 428 g/mol. The molecule has 0 aliphatic rings. The number of para-hydroxylation sites is 3. The lowest BCUT2D eigenvalue weighted by Crippen LogP contribution is -2.19. The van der Waals surface area contributed by atoms with Gasteiger partial charge in [0.05, 0.1) is 0 Å². The lowest BCUT2D eigenvalue weighted by Gasteiger charge is -2.27. The van der Waals surface area contributed by atoms with Crippen LogP contribution in [0.5, 0.6) is 11.5 Å². The van der Waals surface area contributed by atoms with Gasteiger partial charge in [-0.3, -0.25) is 4.99 Å². The van der Waals surface area contributed by atoms with Crippen LogP contribution >= 0.6 is 0 Å². The highest BCUT2D eigenvalue weighted by Crippen LogP contribution is 2.37. The van der Waals surface area contributed by atoms with Crippen molar-refractivity contribution >= 4 is 17.6 Å². The van der Waals surface area contributed by atoms with E-state index in [0.29, 0.717) is 0 Å². The number of aliphatic imine (C=N–C) groups is 1. The Bertz CT molecular complexity index is 1120. The first-order valence-electron chi connectivity index (χ1n) is 11.2. The van der Waals surface area contributed by atoms with Gasteiger partial charge >= 0.3 is 0 Å². The van der Waals surface area contributed by atoms with E-state index in [9.17, 15) is 0 Å². The average Bonchev–Trinajstić information content (AvgIpc) is 2.69. The first-order valence-corrected chi connectivity index (χ1v) is 11.2. The molecule has 0 heterocycles. The second kappa shape index (κ2) is 8.82. The Kier molecular flexibility index (Phi) is 6.50. The lowest BCUT2D eigenvalue weighted by molar-refractivity contribution is 0.476. The molecule has 0 radical (unpaired) electrons. The highest BCUT2D eigenvalue weighted by molar-refractivity contribution is 5.90. The molecule has 0 spiro atoms. The van der Waals surface area contributed by atoms with Gasteiger partial charge in [0.15, 0.2) is 5.75 Å². The summed E-state index contributed by atoms with van der Waals surface area (Å²) in [6.45, 7) is 17.4. The molecule has 0 atom stereocenters. The molecule has 0 aromatic heterocycles. The predicted molar refractivity (Wildman–Crippen MR) is 138 cm³/mol. The lowest BCUT2D eigenvalue weighted by atomic mass is 9.78. The molecule has 2 N–H and O–H groups in total. The van der Waals surface area contributed by atoms with Gasteiger partial charge in [-0.2, -0.15) is 0 Å². The largest absolute Gasteiger partial charge is 0.455 e. The smallest absolute Gasteiger partial charge is 0.153 e. The molecule has 0 bridgehead atoms. The summed E-state index contributed by atoms with van der Waals surface area (Å²) in [5.41, 5.74) is 13.7. The maximum Gasteiger partial charge on any atom is 0.153 e. The molecule has 32 heavy (non-hydrogen) atoms. The highest BCUT2D eigenvalue weighted by Gasteiger charge is 2.23. The predicted octanol–water partition coefficient (Wildman–Crippen LogP) is 8.02. The van der Waals surface area contributed by atoms with Gasteiger partial charge in [0.2, 0.25) is 0 Å². The van der Waals surface area contributed by atoms with Crippen LogP contribution in [0.4, 0.5) is 11.4 Å². The van der Waals surface area contributed by atoms with Gasteiger partial charge in [-0.25, -0.2) is 0 Å². The second-order valence-electron chi connectivity index (χ2n) is 10.6. The third-order valence-electron chi connectivity index (χ3n) is 5.71. The van der Waals surface area contributed by atoms with Crippen LogP contribution in [0.1, 0.15) is 69.4 Å². The quantitative estimate of drug-likeness (QED) is 0.338. The zero-order valence-corrected chi connectivity index (χ0v) is 20.7. The molecule has 3 heteroatoms. The molecule has 0 saturated heterocycles. The topological polar surface area (TPSA) is 47.6 Å². The number of hydrogen-bond donors (Lipinski definition) is 1. The van der Waals surface area contributed by atoms with E-state index in [0.717, 1.165) is 45.1 Å². The number of hydrogen-bond acceptors (Lipinski definition) is 3. The summed E-state index contributed by atoms with van der Waals surface area (Å²) in [6, 6.07) is 18.4. The van der Waals surface area contributed by atoms with Crippen LogP contribution in [-0.4, -0.2) is 6.21 Å². The fourth-order valence-electron chi connectivity index (χ4n) is 3.70. The first-order chi connectivity index (χ1) is 14.9. The van der Waals surface area contributed by atoms with Gasteiger partial charge < -0.3 is 10.5 Å². The van der Waals surface area contributed by atoms with E-state index in [1.54, 1.807) is 0 Å². The van der Waals surface area contributed by atoms with Crippen LogP contribution in [0, 0.1) is 13.8 Å². The molecule has 0 amide bonds. The van der Waals surface area contributed by atoms with E-state index in [1.807, 2.05) is 36.5 Å². The van der Waals surface area contributed by atoms with Gasteiger partial charge in [-0.1, -0.05) is 77.9 Å². The molecule has 0 saturated carbocycles. The fourth-order valence-corrected chi connectivity index (χ4v) is 3.70. The molecule has 3 nitrogen and oxygen atoms in total. The summed E-state index contributed by atoms with van der Waals surface area (Å²) in [6.07, 6.45) is 1.87. The molecule has 0 unspecified atom stereocenters. The summed E-state index contributed by atoms with van der Waals surface area (Å²) < 4.78 is 6.30. The van der Waals surface area contributed by atoms with Gasteiger partial charge in [-0.05, 0) is 65.1 Å². The molecule has 0 fully saturated rings. The Balaban J connectivity index is 2.05. The van der Waals surface area contributed by atoms with Crippen molar-refractivity contribution in [3.05, 3.63) is 82.4 Å². The van der Waals surface area contributed by atoms with Crippen molar-refractivity contribution in [2.75, 3.05) is 5.73 Å². The van der Waals surface area contributed by atoms with Crippen molar-refractivity contribution in [2.45, 2.75) is 66.2 Å². The van der Waals surface area contributed by atoms with Gasteiger partial charge in [-0.15, -0.1) is 0 Å². The summed E-state index contributed by atoms with van der Waals surface area (Å²) in [5, 5.41) is 0. The summed E-state index contributed by atoms with van der Waals surface area (Å²) in [7, 11) is 0. The standard InChI is InChI=1S/C29H36N2O/c1-19-12-11-13-20(2)27(19)32-25-15-10-9-14-24(25)31-18-21-16-22(28(3,4)5)17-23(26(21)30)29(6,7)8/h9-18H,30H2,1-8H3/b31-18+. The van der Waals surface area contributed by atoms with E-state index in [2.05, 4.69) is 79.7 Å². The normalized spacial score (nSPS) is 12.4. The molecule has 3 rings (SSSR count). The number of rotatable bonds is 4. The number of nitrogens with two attached hydrogens (primary N) is 1. The summed E-state index contributed by atoms with van der Waals surface area (Å²) in [5.74, 6) is 1.60. The Morgan fingerprint density at radius 2 is 1.44 bits per heavy atom. The molecule has 0 aliphatic carbocycles. The van der Waals surface area contributed by atoms with Crippen molar-refractivity contribution in [1.82, 2.24) is 0 Å². The number of nitrogen functional groups attached to an aromatic ring is 1. The van der Waals surface area contributed by atoms with Crippen LogP contribution in [0.2, 0.25) is 0 Å². The third-order valence-corrected chi connectivity index (χ3v) is 5.71. The molecular formula is C29H36N2O. The Morgan fingerprint density at radius 3 is 2.03 bits per heavy atom. The maximum absolute atomic E-state index is 6.62. The fraction of sp³-hybridized carbons (Fsp3) is 0.345. The zero-order valence-electron chi connectivity index (χ0n) is 20.7. The minimum absolute atomic E-state index is 0.0136. The molecule has 3 aromatic carbocycles. The van der Waals surface area contributed by atoms with E-state index in [4.69, 9.17) is 15.5 Å². The van der Waals surface area contributed by atoms with Gasteiger partial charge in [0.1, 0.15) is 11.4 Å². The van der Waals surface area contributed by atoms with Crippen molar-refractivity contribution in [3.63, 3.8) is 0 Å². The molecule has 3 aromatic rings. The van der Waals surface area contributed by atoms with Crippen molar-refractivity contribution in [1.29, 1.82) is 0 Å². The Hall–Kier alpha value is -3.07. The van der Waals surface area contributed by atoms with Crippen LogP contribution in [-0.2, 0) is 10.8 Å². The number of ether oxygens (including phenoxy) is 1. The molecule has 0 aliphatic heterocycles. The maximum atomic E-state index is 6.62. The summed E-state index contributed by atoms with van der Waals surface area (Å²) >= 11 is 0. The number of anilines is 1. The second-order valence-corrected chi connectivity index (χ2v) is 10.6. The molecular weight excluding hydrogens is 392 g/mol. The van der Waals surface area contributed by atoms with E-state index in [1.165, 1.54) is 5.56 Å². The van der Waals surface area contributed by atoms with Crippen molar-refractivity contribution < 1.29 is 4.74 Å². The molecule has 168 valence electrons. The van der Waals surface area contributed by atoms with Gasteiger partial charge in [0.25, 0.3) is 0 Å². The zero-order chi connectivity index (χ0) is 23.7. The van der Waals surface area contributed by atoms with Crippen LogP contribution in [0.15, 0.2) is 59.6 Å². The average molecular weight is 429 g/mol. The Labute approximate surface area is 193 Å². The Morgan fingerprint density at radius 1 is 0.812 bits per heavy atom. The van der Waals surface area contributed by atoms with Crippen LogP contribution < -0.4 is 10.5 Å². The highest BCUT2D eigenvalue weighted by atomic mass is 16.5. The van der Waals surface area contributed by atoms with E-state index in [-0.39, 0.29) is 10.8 Å². The number of nitrogens with zero attached hydrogens (tertiary/aromatic N) is 1. The SMILES string of the molecule is Cc1cccc(C)c1Oc1ccccc1/N=C/c1cc(C(C)(C)C)cc(C(C)(C)C)c1N. The van der Waals surface area contributed by atoms with Crippen LogP contribution in [0.25, 0.3) is 0 Å². The van der Waals surface area contributed by atoms with Crippen molar-refractivity contribution in [3.8, 4) is 11.5 Å². The summed E-state index contributed by atoms with van der Waals surface area (Å²) in [4.78, 5) is 4.81. The number of aryl methyl sites for hydroxylation is 2.